The lowest BCUT2D eigenvalue weighted by Crippen LogP contribution is -2.46. The number of nitrogens with one attached hydrogen (secondary N) is 1. The van der Waals surface area contributed by atoms with Gasteiger partial charge in [-0.15, -0.1) is 0 Å². The fourth-order valence-corrected chi connectivity index (χ4v) is 2.90. The van der Waals surface area contributed by atoms with E-state index in [0.717, 1.165) is 31.2 Å². The first kappa shape index (κ1) is 15.0. The number of amides is 1. The quantitative estimate of drug-likeness (QED) is 0.889. The van der Waals surface area contributed by atoms with Crippen LogP contribution in [0.2, 0.25) is 0 Å². The summed E-state index contributed by atoms with van der Waals surface area (Å²) in [4.78, 5) is 12.1. The predicted molar refractivity (Wildman–Crippen MR) is 77.6 cm³/mol. The van der Waals surface area contributed by atoms with E-state index in [0.29, 0.717) is 6.42 Å². The van der Waals surface area contributed by atoms with E-state index >= 15 is 0 Å². The van der Waals surface area contributed by atoms with E-state index in [9.17, 15) is 9.18 Å². The highest BCUT2D eigenvalue weighted by Crippen LogP contribution is 2.28. The van der Waals surface area contributed by atoms with Gasteiger partial charge in [0.15, 0.2) is 0 Å². The van der Waals surface area contributed by atoms with Crippen LogP contribution in [-0.2, 0) is 4.79 Å². The third kappa shape index (κ3) is 4.04. The topological polar surface area (TPSA) is 55.1 Å². The highest BCUT2D eigenvalue weighted by molar-refractivity contribution is 5.77. The van der Waals surface area contributed by atoms with Gasteiger partial charge in [0.05, 0.1) is 6.04 Å². The minimum Gasteiger partial charge on any atom is -0.350 e. The lowest BCUT2D eigenvalue weighted by Gasteiger charge is -2.33. The maximum Gasteiger partial charge on any atom is 0.222 e. The summed E-state index contributed by atoms with van der Waals surface area (Å²) in [6.45, 7) is 1.86. The van der Waals surface area contributed by atoms with Crippen molar-refractivity contribution in [3.63, 3.8) is 0 Å². The van der Waals surface area contributed by atoms with Gasteiger partial charge in [0.1, 0.15) is 5.82 Å². The van der Waals surface area contributed by atoms with Crippen molar-refractivity contribution in [2.75, 3.05) is 0 Å². The average Bonchev–Trinajstić information content (AvgIpc) is 2.38. The maximum atomic E-state index is 13.2. The van der Waals surface area contributed by atoms with Crippen molar-refractivity contribution >= 4 is 5.91 Å². The number of nitrogens with two attached hydrogens (primary N) is 1. The van der Waals surface area contributed by atoms with Crippen molar-refractivity contribution in [2.45, 2.75) is 57.0 Å². The van der Waals surface area contributed by atoms with Crippen molar-refractivity contribution in [3.8, 4) is 0 Å². The van der Waals surface area contributed by atoms with Crippen LogP contribution in [-0.4, -0.2) is 11.4 Å². The molecule has 1 atom stereocenters. The summed E-state index contributed by atoms with van der Waals surface area (Å²) in [6, 6.07) is 6.11. The van der Waals surface area contributed by atoms with Gasteiger partial charge < -0.3 is 11.1 Å². The van der Waals surface area contributed by atoms with Gasteiger partial charge in [-0.05, 0) is 37.5 Å². The monoisotopic (exact) mass is 278 g/mol. The molecule has 110 valence electrons. The molecule has 3 N–H and O–H groups in total. The summed E-state index contributed by atoms with van der Waals surface area (Å²) in [5, 5.41) is 2.91. The highest BCUT2D eigenvalue weighted by Gasteiger charge is 2.30. The number of carbonyl (C=O) groups excluding carboxylic acids is 1. The molecule has 0 unspecified atom stereocenters. The van der Waals surface area contributed by atoms with Gasteiger partial charge in [-0.25, -0.2) is 4.39 Å². The fourth-order valence-electron chi connectivity index (χ4n) is 2.90. The van der Waals surface area contributed by atoms with E-state index in [1.54, 1.807) is 6.07 Å². The molecule has 1 saturated carbocycles. The number of hydrogen-bond acceptors (Lipinski definition) is 2. The van der Waals surface area contributed by atoms with Gasteiger partial charge in [0, 0.05) is 12.0 Å². The van der Waals surface area contributed by atoms with Crippen LogP contribution >= 0.6 is 0 Å². The molecule has 1 amide bonds. The molecule has 0 radical (unpaired) electrons. The van der Waals surface area contributed by atoms with Gasteiger partial charge >= 0.3 is 0 Å². The number of carbonyl (C=O) groups is 1. The molecule has 2 rings (SSSR count). The summed E-state index contributed by atoms with van der Waals surface area (Å²) < 4.78 is 13.2. The minimum atomic E-state index is -0.357. The van der Waals surface area contributed by atoms with Crippen molar-refractivity contribution in [1.82, 2.24) is 5.32 Å². The van der Waals surface area contributed by atoms with E-state index in [-0.39, 0.29) is 23.3 Å². The third-order valence-electron chi connectivity index (χ3n) is 4.09. The van der Waals surface area contributed by atoms with Crippen molar-refractivity contribution in [1.29, 1.82) is 0 Å². The van der Waals surface area contributed by atoms with Gasteiger partial charge in [-0.3, -0.25) is 4.79 Å². The molecule has 0 saturated heterocycles. The van der Waals surface area contributed by atoms with Crippen LogP contribution in [0.15, 0.2) is 24.3 Å². The number of hydrogen-bond donors (Lipinski definition) is 2. The first-order valence-electron chi connectivity index (χ1n) is 7.32. The van der Waals surface area contributed by atoms with E-state index in [4.69, 9.17) is 5.73 Å². The van der Waals surface area contributed by atoms with Gasteiger partial charge in [-0.1, -0.05) is 31.4 Å². The Morgan fingerprint density at radius 2 is 2.10 bits per heavy atom. The second-order valence-corrected chi connectivity index (χ2v) is 5.94. The van der Waals surface area contributed by atoms with Gasteiger partial charge in [-0.2, -0.15) is 0 Å². The van der Waals surface area contributed by atoms with Crippen molar-refractivity contribution in [3.05, 3.63) is 35.6 Å². The van der Waals surface area contributed by atoms with Crippen LogP contribution < -0.4 is 11.1 Å². The Kier molecular flexibility index (Phi) is 4.76. The highest BCUT2D eigenvalue weighted by atomic mass is 19.1. The zero-order chi connectivity index (χ0) is 14.6. The Balaban J connectivity index is 1.90. The molecule has 1 aromatic carbocycles. The van der Waals surface area contributed by atoms with Crippen LogP contribution in [0.5, 0.6) is 0 Å². The SMILES string of the molecule is C[C@@H](NC(=O)CC1(N)CCCCC1)c1cccc(F)c1. The van der Waals surface area contributed by atoms with Gasteiger partial charge in [0.25, 0.3) is 0 Å². The van der Waals surface area contributed by atoms with Crippen LogP contribution in [0.4, 0.5) is 4.39 Å². The molecule has 0 aliphatic heterocycles. The molecule has 0 aromatic heterocycles. The zero-order valence-corrected chi connectivity index (χ0v) is 12.0. The zero-order valence-electron chi connectivity index (χ0n) is 12.0. The maximum absolute atomic E-state index is 13.2. The Labute approximate surface area is 119 Å². The molecule has 1 aromatic rings. The standard InChI is InChI=1S/C16H23FN2O/c1-12(13-6-5-7-14(17)10-13)19-15(20)11-16(18)8-3-2-4-9-16/h5-7,10,12H,2-4,8-9,11,18H2,1H3,(H,19,20)/t12-/m1/s1. The van der Waals surface area contributed by atoms with E-state index in [1.807, 2.05) is 13.0 Å². The summed E-state index contributed by atoms with van der Waals surface area (Å²) in [5.41, 5.74) is 6.69. The minimum absolute atomic E-state index is 0.0499. The average molecular weight is 278 g/mol. The Morgan fingerprint density at radius 1 is 1.40 bits per heavy atom. The molecule has 1 aliphatic carbocycles. The first-order chi connectivity index (χ1) is 9.48. The van der Waals surface area contributed by atoms with Crippen molar-refractivity contribution in [2.24, 2.45) is 5.73 Å². The molecule has 0 spiro atoms. The lowest BCUT2D eigenvalue weighted by molar-refractivity contribution is -0.123. The third-order valence-corrected chi connectivity index (χ3v) is 4.09. The largest absolute Gasteiger partial charge is 0.350 e. The molecule has 20 heavy (non-hydrogen) atoms. The van der Waals surface area contributed by atoms with Crippen LogP contribution in [0.3, 0.4) is 0 Å². The van der Waals surface area contributed by atoms with E-state index < -0.39 is 0 Å². The molecule has 1 fully saturated rings. The Bertz CT molecular complexity index is 469. The summed E-state index contributed by atoms with van der Waals surface area (Å²) in [7, 11) is 0. The molecule has 0 bridgehead atoms. The summed E-state index contributed by atoms with van der Waals surface area (Å²) in [6.07, 6.45) is 5.59. The smallest absolute Gasteiger partial charge is 0.222 e. The van der Waals surface area contributed by atoms with E-state index in [1.165, 1.54) is 18.6 Å². The molecular formula is C16H23FN2O. The normalized spacial score (nSPS) is 19.4. The molecular weight excluding hydrogens is 255 g/mol. The molecule has 0 heterocycles. The summed E-state index contributed by atoms with van der Waals surface area (Å²) in [5.74, 6) is -0.336. The molecule has 3 nitrogen and oxygen atoms in total. The number of rotatable bonds is 4. The van der Waals surface area contributed by atoms with Crippen LogP contribution in [0.1, 0.15) is 57.1 Å². The molecule has 1 aliphatic rings. The first-order valence-corrected chi connectivity index (χ1v) is 7.32. The number of benzene rings is 1. The van der Waals surface area contributed by atoms with Crippen LogP contribution in [0.25, 0.3) is 0 Å². The second-order valence-electron chi connectivity index (χ2n) is 5.94. The van der Waals surface area contributed by atoms with Crippen molar-refractivity contribution < 1.29 is 9.18 Å². The Morgan fingerprint density at radius 3 is 2.75 bits per heavy atom. The van der Waals surface area contributed by atoms with E-state index in [2.05, 4.69) is 5.32 Å². The fraction of sp³-hybridized carbons (Fsp3) is 0.562. The predicted octanol–water partition coefficient (Wildman–Crippen LogP) is 3.05. The lowest BCUT2D eigenvalue weighted by atomic mass is 9.80. The van der Waals surface area contributed by atoms with Gasteiger partial charge in [0.2, 0.25) is 5.91 Å². The molecule has 4 heteroatoms. The second kappa shape index (κ2) is 6.35. The number of halogens is 1. The Hall–Kier alpha value is -1.42. The summed E-state index contributed by atoms with van der Waals surface area (Å²) >= 11 is 0. The van der Waals surface area contributed by atoms with Crippen LogP contribution in [0, 0.1) is 5.82 Å².